The van der Waals surface area contributed by atoms with Crippen molar-refractivity contribution >= 4 is 33.2 Å². The molecule has 1 aliphatic heterocycles. The third kappa shape index (κ3) is 2.69. The zero-order valence-electron chi connectivity index (χ0n) is 9.20. The summed E-state index contributed by atoms with van der Waals surface area (Å²) >= 11 is 9.68. The van der Waals surface area contributed by atoms with Gasteiger partial charge in [-0.05, 0) is 31.7 Å². The number of nitrogens with zero attached hydrogens (tertiary/aromatic N) is 2. The first kappa shape index (κ1) is 12.2. The summed E-state index contributed by atoms with van der Waals surface area (Å²) in [6.07, 6.45) is 8.57. The molecule has 1 saturated heterocycles. The Morgan fingerprint density at radius 1 is 1.56 bits per heavy atom. The second kappa shape index (κ2) is 5.87. The third-order valence-corrected chi connectivity index (χ3v) is 3.96. The summed E-state index contributed by atoms with van der Waals surface area (Å²) in [5, 5.41) is 1.86. The molecule has 88 valence electrons. The summed E-state index contributed by atoms with van der Waals surface area (Å²) < 4.78 is 0. The van der Waals surface area contributed by atoms with Gasteiger partial charge in [0.25, 0.3) is 0 Å². The first-order chi connectivity index (χ1) is 7.83. The van der Waals surface area contributed by atoms with Crippen molar-refractivity contribution in [1.29, 1.82) is 0 Å². The van der Waals surface area contributed by atoms with Crippen LogP contribution in [0.15, 0.2) is 18.5 Å². The van der Waals surface area contributed by atoms with Crippen molar-refractivity contribution in [3.8, 4) is 0 Å². The van der Waals surface area contributed by atoms with Gasteiger partial charge in [-0.15, -0.1) is 0 Å². The highest BCUT2D eigenvalue weighted by molar-refractivity contribution is 9.09. The predicted octanol–water partition coefficient (Wildman–Crippen LogP) is 3.88. The molecule has 2 heterocycles. The SMILES string of the molecule is Clc1cnccc1N1CCCC1CCCBr. The molecule has 0 aromatic carbocycles. The van der Waals surface area contributed by atoms with E-state index in [1.807, 2.05) is 12.3 Å². The summed E-state index contributed by atoms with van der Waals surface area (Å²) in [4.78, 5) is 6.47. The quantitative estimate of drug-likeness (QED) is 0.785. The molecule has 1 aromatic rings. The number of hydrogen-bond donors (Lipinski definition) is 0. The second-order valence-corrected chi connectivity index (χ2v) is 5.35. The van der Waals surface area contributed by atoms with Gasteiger partial charge in [0.05, 0.1) is 10.7 Å². The van der Waals surface area contributed by atoms with Gasteiger partial charge in [0, 0.05) is 30.3 Å². The maximum Gasteiger partial charge on any atom is 0.0822 e. The van der Waals surface area contributed by atoms with Crippen LogP contribution < -0.4 is 4.90 Å². The van der Waals surface area contributed by atoms with Gasteiger partial charge in [0.2, 0.25) is 0 Å². The van der Waals surface area contributed by atoms with E-state index in [9.17, 15) is 0 Å². The van der Waals surface area contributed by atoms with Crippen LogP contribution in [0.5, 0.6) is 0 Å². The van der Waals surface area contributed by atoms with Gasteiger partial charge in [0.1, 0.15) is 0 Å². The molecule has 2 rings (SSSR count). The summed E-state index contributed by atoms with van der Waals surface area (Å²) in [6, 6.07) is 2.67. The number of hydrogen-bond acceptors (Lipinski definition) is 2. The topological polar surface area (TPSA) is 16.1 Å². The molecule has 1 fully saturated rings. The van der Waals surface area contributed by atoms with Crippen LogP contribution >= 0.6 is 27.5 Å². The van der Waals surface area contributed by atoms with Gasteiger partial charge < -0.3 is 4.90 Å². The minimum absolute atomic E-state index is 0.650. The normalized spacial score (nSPS) is 20.4. The van der Waals surface area contributed by atoms with Crippen molar-refractivity contribution < 1.29 is 0 Å². The zero-order chi connectivity index (χ0) is 11.4. The molecule has 1 unspecified atom stereocenters. The van der Waals surface area contributed by atoms with E-state index in [4.69, 9.17) is 11.6 Å². The molecule has 1 aliphatic rings. The van der Waals surface area contributed by atoms with Crippen LogP contribution in [0.3, 0.4) is 0 Å². The van der Waals surface area contributed by atoms with Gasteiger partial charge >= 0.3 is 0 Å². The Morgan fingerprint density at radius 3 is 3.19 bits per heavy atom. The van der Waals surface area contributed by atoms with Crippen molar-refractivity contribution in [2.24, 2.45) is 0 Å². The Labute approximate surface area is 110 Å². The predicted molar refractivity (Wildman–Crippen MR) is 72.6 cm³/mol. The van der Waals surface area contributed by atoms with Crippen LogP contribution in [0, 0.1) is 0 Å². The molecular weight excluding hydrogens is 288 g/mol. The summed E-state index contributed by atoms with van der Waals surface area (Å²) in [5.41, 5.74) is 1.15. The first-order valence-electron chi connectivity index (χ1n) is 5.75. The lowest BCUT2D eigenvalue weighted by molar-refractivity contribution is 0.604. The smallest absolute Gasteiger partial charge is 0.0822 e. The summed E-state index contributed by atoms with van der Waals surface area (Å²) in [7, 11) is 0. The van der Waals surface area contributed by atoms with E-state index in [-0.39, 0.29) is 0 Å². The minimum atomic E-state index is 0.650. The van der Waals surface area contributed by atoms with E-state index in [1.165, 1.54) is 25.7 Å². The number of aromatic nitrogens is 1. The average molecular weight is 304 g/mol. The number of halogens is 2. The van der Waals surface area contributed by atoms with E-state index in [0.717, 1.165) is 22.6 Å². The fraction of sp³-hybridized carbons (Fsp3) is 0.583. The maximum atomic E-state index is 6.19. The molecule has 0 aliphatic carbocycles. The van der Waals surface area contributed by atoms with Crippen LogP contribution in [0.2, 0.25) is 5.02 Å². The van der Waals surface area contributed by atoms with Crippen LogP contribution in [0.25, 0.3) is 0 Å². The van der Waals surface area contributed by atoms with E-state index >= 15 is 0 Å². The van der Waals surface area contributed by atoms with Crippen molar-refractivity contribution in [2.45, 2.75) is 31.7 Å². The monoisotopic (exact) mass is 302 g/mol. The van der Waals surface area contributed by atoms with Crippen LogP contribution in [-0.4, -0.2) is 22.9 Å². The lowest BCUT2D eigenvalue weighted by Crippen LogP contribution is -2.29. The van der Waals surface area contributed by atoms with Crippen molar-refractivity contribution in [3.63, 3.8) is 0 Å². The first-order valence-corrected chi connectivity index (χ1v) is 7.25. The summed E-state index contributed by atoms with van der Waals surface area (Å²) in [5.74, 6) is 0. The zero-order valence-corrected chi connectivity index (χ0v) is 11.5. The largest absolute Gasteiger partial charge is 0.367 e. The standard InChI is InChI=1S/C12H16BrClN2/c13-6-1-3-10-4-2-8-16(10)12-5-7-15-9-11(12)14/h5,7,9-10H,1-4,6,8H2. The van der Waals surface area contributed by atoms with Gasteiger partial charge in [-0.1, -0.05) is 27.5 Å². The molecule has 0 saturated carbocycles. The van der Waals surface area contributed by atoms with Crippen LogP contribution in [0.4, 0.5) is 5.69 Å². The fourth-order valence-electron chi connectivity index (χ4n) is 2.37. The Balaban J connectivity index is 2.10. The lowest BCUT2D eigenvalue weighted by atomic mass is 10.1. The molecule has 2 nitrogen and oxygen atoms in total. The molecule has 0 bridgehead atoms. The maximum absolute atomic E-state index is 6.19. The van der Waals surface area contributed by atoms with Gasteiger partial charge in [0.15, 0.2) is 0 Å². The molecular formula is C12H16BrClN2. The minimum Gasteiger partial charge on any atom is -0.367 e. The van der Waals surface area contributed by atoms with Crippen molar-refractivity contribution in [3.05, 3.63) is 23.5 Å². The van der Waals surface area contributed by atoms with Gasteiger partial charge in [-0.3, -0.25) is 4.98 Å². The van der Waals surface area contributed by atoms with Gasteiger partial charge in [-0.2, -0.15) is 0 Å². The van der Waals surface area contributed by atoms with Gasteiger partial charge in [-0.25, -0.2) is 0 Å². The van der Waals surface area contributed by atoms with Crippen LogP contribution in [-0.2, 0) is 0 Å². The van der Waals surface area contributed by atoms with E-state index < -0.39 is 0 Å². The average Bonchev–Trinajstić information content (AvgIpc) is 2.75. The van der Waals surface area contributed by atoms with Crippen LogP contribution in [0.1, 0.15) is 25.7 Å². The van der Waals surface area contributed by atoms with E-state index in [0.29, 0.717) is 6.04 Å². The molecule has 1 atom stereocenters. The molecule has 0 spiro atoms. The number of pyridine rings is 1. The van der Waals surface area contributed by atoms with E-state index in [2.05, 4.69) is 25.8 Å². The molecule has 0 amide bonds. The highest BCUT2D eigenvalue weighted by Crippen LogP contribution is 2.32. The Morgan fingerprint density at radius 2 is 2.44 bits per heavy atom. The van der Waals surface area contributed by atoms with Crippen molar-refractivity contribution in [1.82, 2.24) is 4.98 Å². The lowest BCUT2D eigenvalue weighted by Gasteiger charge is -2.27. The fourth-order valence-corrected chi connectivity index (χ4v) is 2.92. The Kier molecular flexibility index (Phi) is 4.47. The molecule has 1 aromatic heterocycles. The summed E-state index contributed by atoms with van der Waals surface area (Å²) in [6.45, 7) is 1.12. The Hall–Kier alpha value is -0.280. The number of alkyl halides is 1. The molecule has 0 N–H and O–H groups in total. The number of rotatable bonds is 4. The molecule has 0 radical (unpaired) electrons. The van der Waals surface area contributed by atoms with E-state index in [1.54, 1.807) is 6.20 Å². The molecule has 16 heavy (non-hydrogen) atoms. The molecule has 4 heteroatoms. The third-order valence-electron chi connectivity index (χ3n) is 3.11. The Bertz CT molecular complexity index is 346. The highest BCUT2D eigenvalue weighted by atomic mass is 79.9. The number of anilines is 1. The van der Waals surface area contributed by atoms with Crippen molar-refractivity contribution in [2.75, 3.05) is 16.8 Å². The highest BCUT2D eigenvalue weighted by Gasteiger charge is 2.25. The second-order valence-electron chi connectivity index (χ2n) is 4.15.